The third-order valence-electron chi connectivity index (χ3n) is 4.83. The number of pyridine rings is 2. The topological polar surface area (TPSA) is 108 Å². The number of fused-ring (bicyclic) bond motifs is 1. The third kappa shape index (κ3) is 6.85. The van der Waals surface area contributed by atoms with E-state index < -0.39 is 35.3 Å². The molecule has 9 nitrogen and oxygen atoms in total. The van der Waals surface area contributed by atoms with Gasteiger partial charge in [0.1, 0.15) is 16.6 Å². The van der Waals surface area contributed by atoms with E-state index in [0.717, 1.165) is 0 Å². The van der Waals surface area contributed by atoms with Crippen LogP contribution in [0.1, 0.15) is 30.9 Å². The Morgan fingerprint density at radius 1 is 1.31 bits per heavy atom. The molecule has 0 aliphatic rings. The van der Waals surface area contributed by atoms with Gasteiger partial charge in [-0.25, -0.2) is 23.7 Å². The summed E-state index contributed by atoms with van der Waals surface area (Å²) in [4.78, 5) is 25.5. The highest BCUT2D eigenvalue weighted by Crippen LogP contribution is 2.37. The van der Waals surface area contributed by atoms with Gasteiger partial charge >= 0.3 is 0 Å². The molecule has 3 aromatic heterocycles. The normalized spacial score (nSPS) is 12.7. The number of alkyl halides is 2. The van der Waals surface area contributed by atoms with Crippen LogP contribution in [-0.4, -0.2) is 60.2 Å². The Balaban J connectivity index is 1.90. The summed E-state index contributed by atoms with van der Waals surface area (Å²) in [5, 5.41) is 3.10. The van der Waals surface area contributed by atoms with E-state index in [1.807, 2.05) is 13.8 Å². The van der Waals surface area contributed by atoms with Crippen molar-refractivity contribution >= 4 is 55.3 Å². The second-order valence-corrected chi connectivity index (χ2v) is 11.0. The fourth-order valence-corrected chi connectivity index (χ4v) is 4.68. The van der Waals surface area contributed by atoms with Crippen LogP contribution in [0.15, 0.2) is 22.9 Å². The molecule has 0 bridgehead atoms. The van der Waals surface area contributed by atoms with E-state index >= 15 is 0 Å². The highest BCUT2D eigenvalue weighted by atomic mass is 79.9. The average molecular weight is 595 g/mol. The predicted octanol–water partition coefficient (Wildman–Crippen LogP) is 4.49. The van der Waals surface area contributed by atoms with Crippen molar-refractivity contribution in [1.29, 1.82) is 0 Å². The third-order valence-corrected chi connectivity index (χ3v) is 6.53. The minimum absolute atomic E-state index is 0.0509. The van der Waals surface area contributed by atoms with Crippen molar-refractivity contribution in [3.63, 3.8) is 0 Å². The Morgan fingerprint density at radius 2 is 2.00 bits per heavy atom. The predicted molar refractivity (Wildman–Crippen MR) is 132 cm³/mol. The molecule has 0 saturated heterocycles. The zero-order valence-electron chi connectivity index (χ0n) is 19.3. The first-order chi connectivity index (χ1) is 16.4. The Morgan fingerprint density at radius 3 is 2.66 bits per heavy atom. The number of aromatic nitrogens is 4. The van der Waals surface area contributed by atoms with Crippen LogP contribution < -0.4 is 14.8 Å². The Labute approximate surface area is 216 Å². The number of ether oxygens (including phenoxy) is 2. The number of hydrogen-bond donors (Lipinski definition) is 1. The summed E-state index contributed by atoms with van der Waals surface area (Å²) in [6, 6.07) is 1.31. The molecule has 3 aromatic rings. The number of imidazole rings is 1. The van der Waals surface area contributed by atoms with Gasteiger partial charge in [0.25, 0.3) is 18.2 Å². The largest absolute Gasteiger partial charge is 0.482 e. The van der Waals surface area contributed by atoms with Gasteiger partial charge in [0.2, 0.25) is 5.88 Å². The second kappa shape index (κ2) is 11.1. The molecule has 0 aliphatic heterocycles. The highest BCUT2D eigenvalue weighted by molar-refractivity contribution is 9.10. The van der Waals surface area contributed by atoms with Crippen LogP contribution >= 0.6 is 27.5 Å². The summed E-state index contributed by atoms with van der Waals surface area (Å²) in [5.74, 6) is 0.0378. The summed E-state index contributed by atoms with van der Waals surface area (Å²) in [5.41, 5.74) is 0.332. The zero-order valence-corrected chi connectivity index (χ0v) is 22.4. The lowest BCUT2D eigenvalue weighted by molar-refractivity contribution is 0.0803. The Bertz CT molecular complexity index is 1270. The number of hydrogen-bond acceptors (Lipinski definition) is 7. The van der Waals surface area contributed by atoms with Crippen molar-refractivity contribution in [3.8, 4) is 17.5 Å². The maximum atomic E-state index is 12.9. The SMILES string of the molecule is Cn1c(C(=O)NC(C)(C)CCS(C)=O)nc2cnc(Oc3ncc(Cl)cc3OCC(F)F)c(Br)c21. The minimum Gasteiger partial charge on any atom is -0.482 e. The number of nitrogens with zero attached hydrogens (tertiary/aromatic N) is 4. The maximum absolute atomic E-state index is 12.9. The van der Waals surface area contributed by atoms with Crippen LogP contribution in [0, 0.1) is 0 Å². The number of carbonyl (C=O) groups excluding carboxylic acids is 1. The first-order valence-electron chi connectivity index (χ1n) is 10.3. The standard InChI is InChI=1S/C21H23BrClF2N5O4S/c1-21(2,5-6-35(4)32)29-18(31)17-28-12-9-27-20(15(22)16(12)30(17)3)34-19-13(33-10-14(24)25)7-11(23)8-26-19/h7-9,14H,5-6,10H2,1-4H3,(H,29,31). The van der Waals surface area contributed by atoms with Crippen molar-refractivity contribution in [1.82, 2.24) is 24.8 Å². The van der Waals surface area contributed by atoms with Crippen molar-refractivity contribution in [2.45, 2.75) is 32.2 Å². The molecule has 3 rings (SSSR count). The molecule has 0 aliphatic carbocycles. The molecular weight excluding hydrogens is 572 g/mol. The molecule has 0 spiro atoms. The average Bonchev–Trinajstić information content (AvgIpc) is 3.11. The van der Waals surface area contributed by atoms with Crippen LogP contribution in [0.4, 0.5) is 8.78 Å². The molecule has 0 aromatic carbocycles. The fourth-order valence-electron chi connectivity index (χ4n) is 3.08. The molecular formula is C21H23BrClF2N5O4S. The summed E-state index contributed by atoms with van der Waals surface area (Å²) in [6.07, 6.45) is 2.13. The lowest BCUT2D eigenvalue weighted by atomic mass is 10.0. The van der Waals surface area contributed by atoms with Crippen molar-refractivity contribution in [2.24, 2.45) is 7.05 Å². The van der Waals surface area contributed by atoms with E-state index in [9.17, 15) is 17.8 Å². The molecule has 14 heteroatoms. The number of halogens is 4. The lowest BCUT2D eigenvalue weighted by Gasteiger charge is -2.25. The monoisotopic (exact) mass is 593 g/mol. The molecule has 0 radical (unpaired) electrons. The van der Waals surface area contributed by atoms with Crippen LogP contribution in [0.2, 0.25) is 5.02 Å². The van der Waals surface area contributed by atoms with Crippen molar-refractivity contribution < 1.29 is 27.3 Å². The van der Waals surface area contributed by atoms with Gasteiger partial charge in [-0.1, -0.05) is 11.6 Å². The first kappa shape index (κ1) is 27.2. The van der Waals surface area contributed by atoms with Crippen LogP contribution in [0.25, 0.3) is 11.0 Å². The van der Waals surface area contributed by atoms with E-state index in [4.69, 9.17) is 21.1 Å². The van der Waals surface area contributed by atoms with Crippen LogP contribution in [0.5, 0.6) is 17.5 Å². The lowest BCUT2D eigenvalue weighted by Crippen LogP contribution is -2.45. The van der Waals surface area contributed by atoms with E-state index in [0.29, 0.717) is 27.7 Å². The molecule has 1 amide bonds. The van der Waals surface area contributed by atoms with Crippen molar-refractivity contribution in [2.75, 3.05) is 18.6 Å². The van der Waals surface area contributed by atoms with Gasteiger partial charge in [-0.2, -0.15) is 0 Å². The summed E-state index contributed by atoms with van der Waals surface area (Å²) in [7, 11) is 0.680. The molecule has 0 saturated carbocycles. The summed E-state index contributed by atoms with van der Waals surface area (Å²) >= 11 is 9.33. The fraction of sp³-hybridized carbons (Fsp3) is 0.429. The number of nitrogens with one attached hydrogen (secondary N) is 1. The molecule has 0 fully saturated rings. The van der Waals surface area contributed by atoms with Gasteiger partial charge in [0.05, 0.1) is 16.7 Å². The van der Waals surface area contributed by atoms with E-state index in [1.165, 1.54) is 18.5 Å². The van der Waals surface area contributed by atoms with E-state index in [1.54, 1.807) is 17.9 Å². The quantitative estimate of drug-likeness (QED) is 0.368. The van der Waals surface area contributed by atoms with Gasteiger partial charge in [0, 0.05) is 47.7 Å². The molecule has 1 unspecified atom stereocenters. The smallest absolute Gasteiger partial charge is 0.287 e. The molecule has 190 valence electrons. The highest BCUT2D eigenvalue weighted by Gasteiger charge is 2.26. The van der Waals surface area contributed by atoms with Gasteiger partial charge in [0.15, 0.2) is 11.6 Å². The first-order valence-corrected chi connectivity index (χ1v) is 13.2. The van der Waals surface area contributed by atoms with Gasteiger partial charge < -0.3 is 19.4 Å². The second-order valence-electron chi connectivity index (χ2n) is 8.23. The van der Waals surface area contributed by atoms with Crippen molar-refractivity contribution in [3.05, 3.63) is 33.8 Å². The number of amides is 1. The minimum atomic E-state index is -2.70. The zero-order chi connectivity index (χ0) is 25.9. The van der Waals surface area contributed by atoms with Gasteiger partial charge in [-0.05, 0) is 36.2 Å². The number of rotatable bonds is 10. The van der Waals surface area contributed by atoms with Crippen LogP contribution in [0.3, 0.4) is 0 Å². The van der Waals surface area contributed by atoms with E-state index in [2.05, 4.69) is 36.2 Å². The summed E-state index contributed by atoms with van der Waals surface area (Å²) < 4.78 is 49.4. The van der Waals surface area contributed by atoms with Crippen LogP contribution in [-0.2, 0) is 17.8 Å². The number of carbonyl (C=O) groups is 1. The molecule has 1 atom stereocenters. The Kier molecular flexibility index (Phi) is 8.65. The van der Waals surface area contributed by atoms with Gasteiger partial charge in [-0.3, -0.25) is 9.00 Å². The van der Waals surface area contributed by atoms with E-state index in [-0.39, 0.29) is 28.4 Å². The maximum Gasteiger partial charge on any atom is 0.287 e. The Hall–Kier alpha value is -2.38. The summed E-state index contributed by atoms with van der Waals surface area (Å²) in [6.45, 7) is 2.82. The molecule has 1 N–H and O–H groups in total. The number of aryl methyl sites for hydroxylation is 1. The molecule has 3 heterocycles. The van der Waals surface area contributed by atoms with Gasteiger partial charge in [-0.15, -0.1) is 0 Å². The molecule has 35 heavy (non-hydrogen) atoms.